The van der Waals surface area contributed by atoms with E-state index in [1.807, 2.05) is 36.3 Å². The maximum Gasteiger partial charge on any atom is 4.00 e. The van der Waals surface area contributed by atoms with Gasteiger partial charge >= 0.3 is 21.1 Å². The standard InChI is InChI=1S/C13H22N4.C9H14N4.Pt/c1-12(2)16-7-5-14(10-16)9-15-6-8-17(11-15)13(3)4;1-10-3-5-12(7-10)9-13-6-4-11(2)8-13;/h5-8,10-13H,9H2,1-4H3;3-8H,9H2,1-2H3;/q2*-2;+4. The molecule has 4 aliphatic rings. The van der Waals surface area contributed by atoms with Gasteiger partial charge < -0.3 is 39.2 Å². The van der Waals surface area contributed by atoms with Gasteiger partial charge in [-0.3, -0.25) is 0 Å². The van der Waals surface area contributed by atoms with E-state index in [-0.39, 0.29) is 21.1 Å². The molecule has 0 aromatic rings. The van der Waals surface area contributed by atoms with Crippen molar-refractivity contribution < 1.29 is 21.1 Å². The quantitative estimate of drug-likeness (QED) is 0.426. The molecule has 4 rings (SSSR count). The Morgan fingerprint density at radius 3 is 1.10 bits per heavy atom. The maximum atomic E-state index is 2.21. The predicted molar refractivity (Wildman–Crippen MR) is 120 cm³/mol. The van der Waals surface area contributed by atoms with E-state index >= 15 is 0 Å². The maximum absolute atomic E-state index is 2.21. The summed E-state index contributed by atoms with van der Waals surface area (Å²) in [5.74, 6) is 0. The van der Waals surface area contributed by atoms with Crippen LogP contribution in [0.3, 0.4) is 0 Å². The fourth-order valence-corrected chi connectivity index (χ4v) is 3.15. The number of rotatable bonds is 6. The van der Waals surface area contributed by atoms with Crippen LogP contribution in [0.1, 0.15) is 27.7 Å². The summed E-state index contributed by atoms with van der Waals surface area (Å²) in [7, 11) is 4.04. The van der Waals surface area contributed by atoms with Crippen LogP contribution in [0.5, 0.6) is 0 Å². The van der Waals surface area contributed by atoms with Gasteiger partial charge in [-0.1, -0.05) is 0 Å². The molecule has 174 valence electrons. The second kappa shape index (κ2) is 11.6. The van der Waals surface area contributed by atoms with Crippen molar-refractivity contribution in [3.8, 4) is 0 Å². The van der Waals surface area contributed by atoms with Gasteiger partial charge in [0.05, 0.1) is 0 Å². The molecule has 0 aliphatic carbocycles. The molecule has 0 saturated carbocycles. The molecule has 0 radical (unpaired) electrons. The molecule has 0 aromatic carbocycles. The zero-order valence-electron chi connectivity index (χ0n) is 19.4. The van der Waals surface area contributed by atoms with Crippen LogP contribution in [0, 0.1) is 26.7 Å². The molecule has 9 heteroatoms. The van der Waals surface area contributed by atoms with E-state index in [1.165, 1.54) is 0 Å². The summed E-state index contributed by atoms with van der Waals surface area (Å²) >= 11 is 0. The van der Waals surface area contributed by atoms with E-state index in [2.05, 4.69) is 121 Å². The molecule has 0 saturated heterocycles. The number of hydrogen-bond donors (Lipinski definition) is 0. The van der Waals surface area contributed by atoms with Gasteiger partial charge in [0, 0.05) is 13.3 Å². The van der Waals surface area contributed by atoms with Crippen molar-refractivity contribution in [3.63, 3.8) is 0 Å². The van der Waals surface area contributed by atoms with Crippen LogP contribution in [0.15, 0.2) is 49.6 Å². The first-order chi connectivity index (χ1) is 14.3. The van der Waals surface area contributed by atoms with Gasteiger partial charge in [0.25, 0.3) is 0 Å². The Bertz CT molecular complexity index is 608. The fraction of sp³-hybridized carbons (Fsp3) is 0.455. The van der Waals surface area contributed by atoms with Crippen molar-refractivity contribution in [2.45, 2.75) is 39.8 Å². The Kier molecular flexibility index (Phi) is 9.48. The molecular weight excluding hydrogens is 571 g/mol. The SMILES string of the molecule is CC(C)N1C=CN(CN2C=CN(C(C)C)[CH-]2)[CH-]1.CN1C=CN(CN2C=CN(C)[CH-]2)[CH-]1.[Pt+4]. The molecule has 0 atom stereocenters. The van der Waals surface area contributed by atoms with Crippen molar-refractivity contribution in [1.29, 1.82) is 0 Å². The third-order valence-corrected chi connectivity index (χ3v) is 4.92. The molecule has 8 nitrogen and oxygen atoms in total. The smallest absolute Gasteiger partial charge is 0.511 e. The Balaban J connectivity index is 0.000000220. The van der Waals surface area contributed by atoms with Crippen LogP contribution in [-0.4, -0.2) is 78.7 Å². The molecule has 4 heterocycles. The minimum atomic E-state index is 0. The average molecular weight is 608 g/mol. The van der Waals surface area contributed by atoms with E-state index < -0.39 is 0 Å². The van der Waals surface area contributed by atoms with Crippen LogP contribution < -0.4 is 0 Å². The number of hydrogen-bond acceptors (Lipinski definition) is 8. The molecule has 0 fully saturated rings. The average Bonchev–Trinajstić information content (AvgIpc) is 3.46. The molecule has 0 amide bonds. The first-order valence-electron chi connectivity index (χ1n) is 10.4. The first-order valence-corrected chi connectivity index (χ1v) is 10.4. The van der Waals surface area contributed by atoms with Crippen molar-refractivity contribution in [3.05, 3.63) is 76.3 Å². The summed E-state index contributed by atoms with van der Waals surface area (Å²) in [6.45, 7) is 18.9. The summed E-state index contributed by atoms with van der Waals surface area (Å²) < 4.78 is 0. The van der Waals surface area contributed by atoms with Gasteiger partial charge in [-0.2, -0.15) is 26.7 Å². The molecule has 31 heavy (non-hydrogen) atoms. The van der Waals surface area contributed by atoms with Gasteiger partial charge in [-0.25, -0.2) is 0 Å². The summed E-state index contributed by atoms with van der Waals surface area (Å²) in [6.07, 6.45) is 16.6. The largest absolute Gasteiger partial charge is 4.00 e. The molecular formula is C22H36N8Pt. The predicted octanol–water partition coefficient (Wildman–Crippen LogP) is 2.79. The van der Waals surface area contributed by atoms with E-state index in [1.54, 1.807) is 0 Å². The third-order valence-electron chi connectivity index (χ3n) is 4.92. The Hall–Kier alpha value is -1.95. The molecule has 0 N–H and O–H groups in total. The molecule has 4 aliphatic heterocycles. The summed E-state index contributed by atoms with van der Waals surface area (Å²) in [4.78, 5) is 17.1. The minimum Gasteiger partial charge on any atom is -0.511 e. The monoisotopic (exact) mass is 607 g/mol. The van der Waals surface area contributed by atoms with Crippen molar-refractivity contribution in [2.24, 2.45) is 0 Å². The second-order valence-electron chi connectivity index (χ2n) is 8.41. The topological polar surface area (TPSA) is 25.9 Å². The zero-order chi connectivity index (χ0) is 21.7. The van der Waals surface area contributed by atoms with Crippen LogP contribution >= 0.6 is 0 Å². The van der Waals surface area contributed by atoms with Gasteiger partial charge in [-0.05, 0) is 103 Å². The molecule has 0 unspecified atom stereocenters. The Labute approximate surface area is 203 Å². The van der Waals surface area contributed by atoms with Crippen molar-refractivity contribution in [2.75, 3.05) is 27.4 Å². The van der Waals surface area contributed by atoms with E-state index in [0.717, 1.165) is 13.3 Å². The fourth-order valence-electron chi connectivity index (χ4n) is 3.15. The van der Waals surface area contributed by atoms with Crippen molar-refractivity contribution in [1.82, 2.24) is 39.2 Å². The van der Waals surface area contributed by atoms with E-state index in [0.29, 0.717) is 12.1 Å². The molecule has 0 aromatic heterocycles. The van der Waals surface area contributed by atoms with Gasteiger partial charge in [0.1, 0.15) is 0 Å². The van der Waals surface area contributed by atoms with Gasteiger partial charge in [0.2, 0.25) is 0 Å². The molecule has 0 spiro atoms. The van der Waals surface area contributed by atoms with Gasteiger partial charge in [-0.15, -0.1) is 0 Å². The Morgan fingerprint density at radius 2 is 0.839 bits per heavy atom. The Morgan fingerprint density at radius 1 is 0.516 bits per heavy atom. The van der Waals surface area contributed by atoms with E-state index in [4.69, 9.17) is 0 Å². The minimum absolute atomic E-state index is 0. The molecule has 0 bridgehead atoms. The normalized spacial score (nSPS) is 19.6. The second-order valence-corrected chi connectivity index (χ2v) is 8.41. The van der Waals surface area contributed by atoms with Crippen LogP contribution in [0.25, 0.3) is 0 Å². The van der Waals surface area contributed by atoms with Crippen LogP contribution in [-0.2, 0) is 21.1 Å². The number of nitrogens with zero attached hydrogens (tertiary/aromatic N) is 8. The third kappa shape index (κ3) is 7.60. The summed E-state index contributed by atoms with van der Waals surface area (Å²) in [6, 6.07) is 1.03. The van der Waals surface area contributed by atoms with Crippen LogP contribution in [0.4, 0.5) is 0 Å². The van der Waals surface area contributed by atoms with Gasteiger partial charge in [0.15, 0.2) is 0 Å². The van der Waals surface area contributed by atoms with Crippen LogP contribution in [0.2, 0.25) is 0 Å². The first kappa shape index (κ1) is 25.3. The van der Waals surface area contributed by atoms with E-state index in [9.17, 15) is 0 Å². The summed E-state index contributed by atoms with van der Waals surface area (Å²) in [5, 5.41) is 0. The van der Waals surface area contributed by atoms with Crippen molar-refractivity contribution >= 4 is 0 Å². The zero-order valence-corrected chi connectivity index (χ0v) is 21.7. The summed E-state index contributed by atoms with van der Waals surface area (Å²) in [5.41, 5.74) is 0.